The Morgan fingerprint density at radius 2 is 1.88 bits per heavy atom. The standard InChI is InChI=1S/C17H15Cl2N5OS/c1-10(16(25)21-14-4-2-3-13(19)9-14)26-17-23-22-15(24(17)20)11-5-7-12(18)8-6-11/h2-10H,20H2,1H3,(H,21,25). The molecule has 0 spiro atoms. The minimum Gasteiger partial charge on any atom is -0.335 e. The van der Waals surface area contributed by atoms with Crippen LogP contribution in [0.4, 0.5) is 5.69 Å². The van der Waals surface area contributed by atoms with E-state index in [2.05, 4.69) is 15.5 Å². The average molecular weight is 408 g/mol. The van der Waals surface area contributed by atoms with Crippen LogP contribution < -0.4 is 11.2 Å². The Labute approximate surface area is 164 Å². The van der Waals surface area contributed by atoms with Gasteiger partial charge in [0.05, 0.1) is 5.25 Å². The number of benzene rings is 2. The maximum absolute atomic E-state index is 12.4. The molecule has 0 radical (unpaired) electrons. The lowest BCUT2D eigenvalue weighted by atomic mass is 10.2. The van der Waals surface area contributed by atoms with Gasteiger partial charge in [0.15, 0.2) is 5.82 Å². The zero-order chi connectivity index (χ0) is 18.7. The topological polar surface area (TPSA) is 85.8 Å². The number of amides is 1. The molecular weight excluding hydrogens is 393 g/mol. The van der Waals surface area contributed by atoms with Crippen molar-refractivity contribution in [3.8, 4) is 11.4 Å². The molecule has 134 valence electrons. The van der Waals surface area contributed by atoms with Crippen LogP contribution in [0.2, 0.25) is 10.0 Å². The Balaban J connectivity index is 1.70. The molecule has 3 aromatic rings. The highest BCUT2D eigenvalue weighted by Crippen LogP contribution is 2.26. The van der Waals surface area contributed by atoms with E-state index in [0.29, 0.717) is 26.7 Å². The number of halogens is 2. The molecule has 3 N–H and O–H groups in total. The lowest BCUT2D eigenvalue weighted by Gasteiger charge is -2.11. The number of thioether (sulfide) groups is 1. The van der Waals surface area contributed by atoms with Crippen molar-refractivity contribution in [3.63, 3.8) is 0 Å². The average Bonchev–Trinajstić information content (AvgIpc) is 2.96. The van der Waals surface area contributed by atoms with Crippen LogP contribution in [0.5, 0.6) is 0 Å². The molecule has 1 aromatic heterocycles. The van der Waals surface area contributed by atoms with Gasteiger partial charge < -0.3 is 11.2 Å². The molecular formula is C17H15Cl2N5OS. The summed E-state index contributed by atoms with van der Waals surface area (Å²) < 4.78 is 1.36. The van der Waals surface area contributed by atoms with Crippen LogP contribution in [0.3, 0.4) is 0 Å². The highest BCUT2D eigenvalue weighted by atomic mass is 35.5. The molecule has 0 aliphatic rings. The van der Waals surface area contributed by atoms with E-state index in [0.717, 1.165) is 5.56 Å². The molecule has 26 heavy (non-hydrogen) atoms. The molecule has 9 heteroatoms. The molecule has 6 nitrogen and oxygen atoms in total. The van der Waals surface area contributed by atoms with Crippen molar-refractivity contribution >= 4 is 46.6 Å². The molecule has 0 aliphatic carbocycles. The number of aromatic nitrogens is 3. The molecule has 0 bridgehead atoms. The summed E-state index contributed by atoms with van der Waals surface area (Å²) in [5.41, 5.74) is 1.42. The number of nitrogens with one attached hydrogen (secondary N) is 1. The van der Waals surface area contributed by atoms with Gasteiger partial charge in [0.25, 0.3) is 0 Å². The first-order valence-electron chi connectivity index (χ1n) is 7.63. The van der Waals surface area contributed by atoms with Crippen LogP contribution in [-0.2, 0) is 4.79 Å². The van der Waals surface area contributed by atoms with Crippen LogP contribution in [0.15, 0.2) is 53.7 Å². The minimum atomic E-state index is -0.432. The van der Waals surface area contributed by atoms with E-state index >= 15 is 0 Å². The Morgan fingerprint density at radius 1 is 1.15 bits per heavy atom. The fourth-order valence-electron chi connectivity index (χ4n) is 2.17. The van der Waals surface area contributed by atoms with Crippen molar-refractivity contribution in [1.29, 1.82) is 0 Å². The van der Waals surface area contributed by atoms with Crippen LogP contribution in [0, 0.1) is 0 Å². The number of carbonyl (C=O) groups is 1. The molecule has 2 aromatic carbocycles. The Kier molecular flexibility index (Phi) is 5.70. The third-order valence-electron chi connectivity index (χ3n) is 3.51. The second-order valence-electron chi connectivity index (χ2n) is 5.44. The molecule has 1 amide bonds. The lowest BCUT2D eigenvalue weighted by Crippen LogP contribution is -2.23. The largest absolute Gasteiger partial charge is 0.335 e. The summed E-state index contributed by atoms with van der Waals surface area (Å²) >= 11 is 13.0. The van der Waals surface area contributed by atoms with E-state index in [-0.39, 0.29) is 5.91 Å². The van der Waals surface area contributed by atoms with E-state index in [9.17, 15) is 4.79 Å². The number of hydrogen-bond donors (Lipinski definition) is 2. The van der Waals surface area contributed by atoms with Crippen molar-refractivity contribution in [2.45, 2.75) is 17.3 Å². The Hall–Kier alpha value is -2.22. The highest BCUT2D eigenvalue weighted by molar-refractivity contribution is 8.00. The molecule has 1 heterocycles. The van der Waals surface area contributed by atoms with Crippen LogP contribution in [-0.4, -0.2) is 26.0 Å². The van der Waals surface area contributed by atoms with E-state index in [1.54, 1.807) is 55.5 Å². The van der Waals surface area contributed by atoms with E-state index < -0.39 is 5.25 Å². The number of anilines is 1. The van der Waals surface area contributed by atoms with Crippen LogP contribution in [0.1, 0.15) is 6.92 Å². The zero-order valence-electron chi connectivity index (χ0n) is 13.7. The molecule has 0 fully saturated rings. The number of hydrogen-bond acceptors (Lipinski definition) is 5. The summed E-state index contributed by atoms with van der Waals surface area (Å²) in [6, 6.07) is 14.1. The zero-order valence-corrected chi connectivity index (χ0v) is 16.0. The third kappa shape index (κ3) is 4.30. The van der Waals surface area contributed by atoms with Crippen molar-refractivity contribution in [2.24, 2.45) is 0 Å². The predicted octanol–water partition coefficient (Wildman–Crippen LogP) is 4.09. The minimum absolute atomic E-state index is 0.187. The van der Waals surface area contributed by atoms with Crippen LogP contribution in [0.25, 0.3) is 11.4 Å². The number of rotatable bonds is 5. The second-order valence-corrected chi connectivity index (χ2v) is 7.62. The maximum Gasteiger partial charge on any atom is 0.237 e. The number of nitrogens with zero attached hydrogens (tertiary/aromatic N) is 3. The molecule has 1 unspecified atom stereocenters. The van der Waals surface area contributed by atoms with Gasteiger partial charge in [-0.1, -0.05) is 41.0 Å². The fourth-order valence-corrected chi connectivity index (χ4v) is 3.26. The highest BCUT2D eigenvalue weighted by Gasteiger charge is 2.20. The molecule has 0 saturated carbocycles. The van der Waals surface area contributed by atoms with Crippen molar-refractivity contribution in [2.75, 3.05) is 11.2 Å². The summed E-state index contributed by atoms with van der Waals surface area (Å²) in [5, 5.41) is 12.2. The van der Waals surface area contributed by atoms with Crippen molar-refractivity contribution in [3.05, 3.63) is 58.6 Å². The molecule has 0 aliphatic heterocycles. The van der Waals surface area contributed by atoms with Gasteiger partial charge in [0.2, 0.25) is 11.1 Å². The molecule has 3 rings (SSSR count). The van der Waals surface area contributed by atoms with E-state index in [1.807, 2.05) is 0 Å². The lowest BCUT2D eigenvalue weighted by molar-refractivity contribution is -0.115. The first-order valence-corrected chi connectivity index (χ1v) is 9.27. The van der Waals surface area contributed by atoms with Gasteiger partial charge in [0.1, 0.15) is 0 Å². The van der Waals surface area contributed by atoms with Crippen molar-refractivity contribution < 1.29 is 4.79 Å². The van der Waals surface area contributed by atoms with Gasteiger partial charge >= 0.3 is 0 Å². The van der Waals surface area contributed by atoms with Gasteiger partial charge in [-0.25, -0.2) is 4.68 Å². The fraction of sp³-hybridized carbons (Fsp3) is 0.118. The normalized spacial score (nSPS) is 12.0. The first-order chi connectivity index (χ1) is 12.4. The smallest absolute Gasteiger partial charge is 0.237 e. The van der Waals surface area contributed by atoms with Gasteiger partial charge in [-0.2, -0.15) is 0 Å². The van der Waals surface area contributed by atoms with Gasteiger partial charge in [-0.05, 0) is 49.4 Å². The molecule has 1 atom stereocenters. The number of carbonyl (C=O) groups excluding carboxylic acids is 1. The van der Waals surface area contributed by atoms with E-state index in [4.69, 9.17) is 29.0 Å². The van der Waals surface area contributed by atoms with Crippen LogP contribution >= 0.6 is 35.0 Å². The summed E-state index contributed by atoms with van der Waals surface area (Å²) in [6.45, 7) is 1.77. The first kappa shape index (κ1) is 18.6. The quantitative estimate of drug-likeness (QED) is 0.491. The SMILES string of the molecule is CC(Sc1nnc(-c2ccc(Cl)cc2)n1N)C(=O)Nc1cccc(Cl)c1. The number of nitrogen functional groups attached to an aromatic ring is 1. The monoisotopic (exact) mass is 407 g/mol. The van der Waals surface area contributed by atoms with E-state index in [1.165, 1.54) is 16.4 Å². The Bertz CT molecular complexity index is 929. The Morgan fingerprint density at radius 3 is 2.58 bits per heavy atom. The second kappa shape index (κ2) is 7.99. The van der Waals surface area contributed by atoms with Gasteiger partial charge in [0, 0.05) is 21.3 Å². The third-order valence-corrected chi connectivity index (χ3v) is 5.05. The predicted molar refractivity (Wildman–Crippen MR) is 106 cm³/mol. The summed E-state index contributed by atoms with van der Waals surface area (Å²) in [5.74, 6) is 6.39. The van der Waals surface area contributed by atoms with Gasteiger partial charge in [-0.15, -0.1) is 10.2 Å². The maximum atomic E-state index is 12.4. The van der Waals surface area contributed by atoms with Gasteiger partial charge in [-0.3, -0.25) is 4.79 Å². The summed E-state index contributed by atoms with van der Waals surface area (Å²) in [6.07, 6.45) is 0. The molecule has 0 saturated heterocycles. The summed E-state index contributed by atoms with van der Waals surface area (Å²) in [7, 11) is 0. The van der Waals surface area contributed by atoms with Crippen molar-refractivity contribution in [1.82, 2.24) is 14.9 Å². The number of nitrogens with two attached hydrogens (primary N) is 1. The summed E-state index contributed by atoms with van der Waals surface area (Å²) in [4.78, 5) is 12.4.